The first-order valence-corrected chi connectivity index (χ1v) is 8.07. The molecule has 0 heterocycles. The molecule has 1 fully saturated rings. The first-order valence-electron chi connectivity index (χ1n) is 7.69. The van der Waals surface area contributed by atoms with Gasteiger partial charge in [0.05, 0.1) is 21.6 Å². The predicted octanol–water partition coefficient (Wildman–Crippen LogP) is 2.80. The lowest BCUT2D eigenvalue weighted by molar-refractivity contribution is -0.384. The number of carbonyl (C=O) groups excluding carboxylic acids is 2. The predicted molar refractivity (Wildman–Crippen MR) is 89.8 cm³/mol. The molecule has 0 bridgehead atoms. The summed E-state index contributed by atoms with van der Waals surface area (Å²) >= 11 is 5.94. The van der Waals surface area contributed by atoms with Crippen molar-refractivity contribution in [2.24, 2.45) is 11.7 Å². The molecule has 0 spiro atoms. The summed E-state index contributed by atoms with van der Waals surface area (Å²) in [4.78, 5) is 33.9. The highest BCUT2D eigenvalue weighted by Gasteiger charge is 2.29. The molecule has 1 aromatic carbocycles. The largest absolute Gasteiger partial charge is 0.369 e. The quantitative estimate of drug-likeness (QED) is 0.436. The Morgan fingerprint density at radius 1 is 1.25 bits per heavy atom. The van der Waals surface area contributed by atoms with Crippen molar-refractivity contribution in [2.75, 3.05) is 5.32 Å². The van der Waals surface area contributed by atoms with E-state index < -0.39 is 22.8 Å². The van der Waals surface area contributed by atoms with Crippen LogP contribution in [0.4, 0.5) is 16.2 Å². The number of rotatable bonds is 4. The monoisotopic (exact) mass is 354 g/mol. The minimum absolute atomic E-state index is 0.0617. The average molecular weight is 355 g/mol. The first-order chi connectivity index (χ1) is 11.4. The number of halogens is 1. The van der Waals surface area contributed by atoms with Crippen molar-refractivity contribution in [2.45, 2.75) is 38.1 Å². The van der Waals surface area contributed by atoms with Gasteiger partial charge in [0.1, 0.15) is 0 Å². The number of hydrogen-bond donors (Lipinski definition) is 3. The number of hydrogen-bond acceptors (Lipinski definition) is 4. The highest BCUT2D eigenvalue weighted by atomic mass is 35.5. The van der Waals surface area contributed by atoms with Crippen molar-refractivity contribution in [3.63, 3.8) is 0 Å². The third kappa shape index (κ3) is 4.58. The van der Waals surface area contributed by atoms with Gasteiger partial charge >= 0.3 is 6.03 Å². The van der Waals surface area contributed by atoms with Gasteiger partial charge in [0, 0.05) is 18.2 Å². The molecular formula is C15H19ClN4O4. The molecule has 2 atom stereocenters. The second kappa shape index (κ2) is 7.96. The fourth-order valence-corrected chi connectivity index (χ4v) is 3.09. The van der Waals surface area contributed by atoms with Crippen molar-refractivity contribution in [1.82, 2.24) is 5.32 Å². The van der Waals surface area contributed by atoms with E-state index in [-0.39, 0.29) is 22.4 Å². The van der Waals surface area contributed by atoms with Crippen LogP contribution in [0.5, 0.6) is 0 Å². The van der Waals surface area contributed by atoms with Gasteiger partial charge in [-0.2, -0.15) is 0 Å². The van der Waals surface area contributed by atoms with Crippen LogP contribution in [0.25, 0.3) is 0 Å². The van der Waals surface area contributed by atoms with Gasteiger partial charge in [0.25, 0.3) is 5.69 Å². The van der Waals surface area contributed by atoms with Gasteiger partial charge in [-0.05, 0) is 18.9 Å². The lowest BCUT2D eigenvalue weighted by Crippen LogP contribution is -2.46. The Morgan fingerprint density at radius 2 is 1.96 bits per heavy atom. The Labute approximate surface area is 143 Å². The Hall–Kier alpha value is -2.35. The van der Waals surface area contributed by atoms with E-state index in [4.69, 9.17) is 17.3 Å². The molecule has 130 valence electrons. The molecule has 1 saturated carbocycles. The van der Waals surface area contributed by atoms with Crippen LogP contribution in [0.2, 0.25) is 5.02 Å². The smallest absolute Gasteiger partial charge is 0.319 e. The van der Waals surface area contributed by atoms with E-state index in [1.54, 1.807) is 0 Å². The van der Waals surface area contributed by atoms with Gasteiger partial charge in [-0.15, -0.1) is 0 Å². The van der Waals surface area contributed by atoms with Crippen molar-refractivity contribution in [3.8, 4) is 0 Å². The molecule has 0 aliphatic heterocycles. The van der Waals surface area contributed by atoms with Crippen LogP contribution in [0.3, 0.4) is 0 Å². The first kappa shape index (κ1) is 18.0. The number of carbonyl (C=O) groups is 2. The maximum Gasteiger partial charge on any atom is 0.319 e. The molecule has 9 heteroatoms. The standard InChI is InChI=1S/C15H19ClN4O4/c16-11-8-9(20(23)24)6-7-13(11)19-15(22)18-12-5-3-1-2-4-10(12)14(17)21/h6-8,10,12H,1-5H2,(H2,17,21)(H2,18,19,22)/t10-,12-/m0/s1. The highest BCUT2D eigenvalue weighted by Crippen LogP contribution is 2.27. The molecule has 1 aromatic rings. The summed E-state index contributed by atoms with van der Waals surface area (Å²) in [6.07, 6.45) is 4.14. The fourth-order valence-electron chi connectivity index (χ4n) is 2.87. The summed E-state index contributed by atoms with van der Waals surface area (Å²) in [5.74, 6) is -0.818. The second-order valence-corrected chi connectivity index (χ2v) is 6.18. The second-order valence-electron chi connectivity index (χ2n) is 5.77. The number of nitrogens with two attached hydrogens (primary N) is 1. The topological polar surface area (TPSA) is 127 Å². The van der Waals surface area contributed by atoms with E-state index in [1.165, 1.54) is 12.1 Å². The van der Waals surface area contributed by atoms with Crippen LogP contribution in [0, 0.1) is 16.0 Å². The zero-order chi connectivity index (χ0) is 17.7. The van der Waals surface area contributed by atoms with Crippen LogP contribution >= 0.6 is 11.6 Å². The van der Waals surface area contributed by atoms with Crippen LogP contribution in [0.1, 0.15) is 32.1 Å². The van der Waals surface area contributed by atoms with Crippen molar-refractivity contribution >= 4 is 34.9 Å². The van der Waals surface area contributed by atoms with E-state index in [0.717, 1.165) is 25.3 Å². The number of primary amides is 1. The Kier molecular flexibility index (Phi) is 5.97. The number of nitro benzene ring substituents is 1. The van der Waals surface area contributed by atoms with Gasteiger partial charge in [0.2, 0.25) is 5.91 Å². The van der Waals surface area contributed by atoms with Crippen LogP contribution in [-0.2, 0) is 4.79 Å². The number of nitrogens with zero attached hydrogens (tertiary/aromatic N) is 1. The maximum atomic E-state index is 12.2. The molecule has 1 aliphatic carbocycles. The Morgan fingerprint density at radius 3 is 2.58 bits per heavy atom. The average Bonchev–Trinajstić information content (AvgIpc) is 2.74. The van der Waals surface area contributed by atoms with Crippen LogP contribution < -0.4 is 16.4 Å². The van der Waals surface area contributed by atoms with Gasteiger partial charge in [-0.3, -0.25) is 14.9 Å². The third-order valence-electron chi connectivity index (χ3n) is 4.11. The highest BCUT2D eigenvalue weighted by molar-refractivity contribution is 6.33. The van der Waals surface area contributed by atoms with E-state index in [9.17, 15) is 19.7 Å². The minimum atomic E-state index is -0.571. The molecule has 8 nitrogen and oxygen atoms in total. The molecule has 2 rings (SSSR count). The third-order valence-corrected chi connectivity index (χ3v) is 4.42. The van der Waals surface area contributed by atoms with E-state index in [2.05, 4.69) is 10.6 Å². The SMILES string of the molecule is NC(=O)[C@H]1CCCCC[C@@H]1NC(=O)Nc1ccc([N+](=O)[O-])cc1Cl. The molecule has 4 N–H and O–H groups in total. The van der Waals surface area contributed by atoms with Gasteiger partial charge < -0.3 is 16.4 Å². The number of anilines is 1. The van der Waals surface area contributed by atoms with E-state index in [1.807, 2.05) is 0 Å². The molecule has 0 radical (unpaired) electrons. The summed E-state index contributed by atoms with van der Waals surface area (Å²) in [7, 11) is 0. The number of nitrogens with one attached hydrogen (secondary N) is 2. The number of amides is 3. The summed E-state index contributed by atoms with van der Waals surface area (Å²) in [6.45, 7) is 0. The van der Waals surface area contributed by atoms with Crippen molar-refractivity contribution in [3.05, 3.63) is 33.3 Å². The summed E-state index contributed by atoms with van der Waals surface area (Å²) in [5.41, 5.74) is 5.52. The van der Waals surface area contributed by atoms with Crippen molar-refractivity contribution < 1.29 is 14.5 Å². The lowest BCUT2D eigenvalue weighted by Gasteiger charge is -2.23. The van der Waals surface area contributed by atoms with Crippen LogP contribution in [0.15, 0.2) is 18.2 Å². The lowest BCUT2D eigenvalue weighted by atomic mass is 9.94. The number of benzene rings is 1. The van der Waals surface area contributed by atoms with E-state index >= 15 is 0 Å². The molecule has 1 aliphatic rings. The number of urea groups is 1. The molecule has 3 amide bonds. The van der Waals surface area contributed by atoms with Gasteiger partial charge in [-0.1, -0.05) is 30.9 Å². The van der Waals surface area contributed by atoms with Crippen molar-refractivity contribution in [1.29, 1.82) is 0 Å². The zero-order valence-corrected chi connectivity index (χ0v) is 13.7. The number of non-ortho nitro benzene ring substituents is 1. The summed E-state index contributed by atoms with van der Waals surface area (Å²) in [5, 5.41) is 16.1. The fraction of sp³-hybridized carbons (Fsp3) is 0.467. The minimum Gasteiger partial charge on any atom is -0.369 e. The maximum absolute atomic E-state index is 12.2. The Bertz CT molecular complexity index is 652. The van der Waals surface area contributed by atoms with Crippen LogP contribution in [-0.4, -0.2) is 22.9 Å². The molecule has 0 aromatic heterocycles. The normalized spacial score (nSPS) is 20.7. The van der Waals surface area contributed by atoms with Gasteiger partial charge in [0.15, 0.2) is 0 Å². The molecular weight excluding hydrogens is 336 g/mol. The van der Waals surface area contributed by atoms with E-state index in [0.29, 0.717) is 12.8 Å². The summed E-state index contributed by atoms with van der Waals surface area (Å²) < 4.78 is 0. The zero-order valence-electron chi connectivity index (χ0n) is 13.0. The Balaban J connectivity index is 2.04. The van der Waals surface area contributed by atoms with Gasteiger partial charge in [-0.25, -0.2) is 4.79 Å². The number of nitro groups is 1. The molecule has 0 saturated heterocycles. The molecule has 24 heavy (non-hydrogen) atoms. The molecule has 0 unspecified atom stereocenters. The summed E-state index contributed by atoms with van der Waals surface area (Å²) in [6, 6.07) is 2.92.